The minimum absolute atomic E-state index is 0.0513. The number of fused-ring (bicyclic) bond motifs is 4. The number of carbonyl (C=O) groups excluding carboxylic acids is 8. The van der Waals surface area contributed by atoms with Crippen LogP contribution >= 0.6 is 46.4 Å². The molecule has 16 rings (SSSR count). The zero-order chi connectivity index (χ0) is 107. The fourth-order valence-electron chi connectivity index (χ4n) is 16.0. The summed E-state index contributed by atoms with van der Waals surface area (Å²) in [5, 5.41) is 20.8. The fourth-order valence-corrected chi connectivity index (χ4v) is 16.6. The van der Waals surface area contributed by atoms with Crippen LogP contribution in [0, 0.1) is 11.3 Å². The lowest BCUT2D eigenvalue weighted by Gasteiger charge is -2.18. The van der Waals surface area contributed by atoms with Crippen molar-refractivity contribution >= 4 is 137 Å². The van der Waals surface area contributed by atoms with Crippen molar-refractivity contribution in [2.45, 2.75) is 151 Å². The minimum atomic E-state index is -4.45. The first kappa shape index (κ1) is 110. The zero-order valence-corrected chi connectivity index (χ0v) is 84.7. The highest BCUT2D eigenvalue weighted by Gasteiger charge is 2.33. The number of hydrogen-bond donors (Lipinski definition) is 4. The molecule has 0 aliphatic carbocycles. The number of pyridine rings is 3. The normalized spacial score (nSPS) is 11.8. The Morgan fingerprint density at radius 2 is 0.660 bits per heavy atom. The van der Waals surface area contributed by atoms with Crippen LogP contribution < -0.4 is 21.3 Å². The number of ketones is 4. The van der Waals surface area contributed by atoms with Crippen LogP contribution in [0.25, 0.3) is 83.1 Å². The molecule has 20 nitrogen and oxygen atoms in total. The van der Waals surface area contributed by atoms with E-state index in [2.05, 4.69) is 45.9 Å². The van der Waals surface area contributed by atoms with Gasteiger partial charge >= 0.3 is 6.18 Å². The van der Waals surface area contributed by atoms with Crippen molar-refractivity contribution in [3.05, 3.63) is 359 Å². The lowest BCUT2D eigenvalue weighted by molar-refractivity contribution is -0.137. The maximum atomic E-state index is 13.8. The van der Waals surface area contributed by atoms with Crippen molar-refractivity contribution in [1.29, 1.82) is 0 Å². The van der Waals surface area contributed by atoms with Crippen molar-refractivity contribution in [3.63, 3.8) is 0 Å². The summed E-state index contributed by atoms with van der Waals surface area (Å²) in [5.41, 5.74) is 6.66. The molecule has 16 aromatic rings. The topological polar surface area (TPSA) is 256 Å². The molecule has 35 heteroatoms. The summed E-state index contributed by atoms with van der Waals surface area (Å²) < 4.78 is 156. The number of carbonyl (C=O) groups is 8. The second-order valence-corrected chi connectivity index (χ2v) is 39.3. The van der Waals surface area contributed by atoms with Crippen molar-refractivity contribution in [3.8, 4) is 39.5 Å². The van der Waals surface area contributed by atoms with Gasteiger partial charge in [0.1, 0.15) is 17.1 Å². The largest absolute Gasteiger partial charge is 0.416 e. The molecule has 0 unspecified atom stereocenters. The molecular weight excluding hydrogens is 1990 g/mol. The number of nitrogens with zero attached hydrogens (tertiary/aromatic N) is 8. The molecule has 7 heterocycles. The molecule has 0 bridgehead atoms. The highest BCUT2D eigenvalue weighted by molar-refractivity contribution is 6.34. The molecule has 147 heavy (non-hydrogen) atoms. The summed E-state index contributed by atoms with van der Waals surface area (Å²) in [6, 6.07) is 64.2. The average Bonchev–Trinajstić information content (AvgIpc) is 1.64. The lowest BCUT2D eigenvalue weighted by Crippen LogP contribution is -2.38. The van der Waals surface area contributed by atoms with Crippen molar-refractivity contribution in [1.82, 2.24) is 59.7 Å². The van der Waals surface area contributed by atoms with E-state index in [-0.39, 0.29) is 91.1 Å². The monoisotopic (exact) mass is 2090 g/mol. The number of aromatic nitrogens is 8. The first-order valence-electron chi connectivity index (χ1n) is 46.2. The number of benzene rings is 9. The van der Waals surface area contributed by atoms with Crippen molar-refractivity contribution < 1.29 is 86.7 Å². The number of hydrogen-bond acceptors (Lipinski definition) is 12. The number of alkyl halides is 11. The number of rotatable bonds is 30. The Kier molecular flexibility index (Phi) is 34.7. The van der Waals surface area contributed by atoms with Crippen LogP contribution in [0.3, 0.4) is 0 Å². The Morgan fingerprint density at radius 3 is 1.01 bits per heavy atom. The number of nitrogens with one attached hydrogen (secondary N) is 4. The summed E-state index contributed by atoms with van der Waals surface area (Å²) in [4.78, 5) is 111. The van der Waals surface area contributed by atoms with Gasteiger partial charge in [-0.2, -0.15) is 18.3 Å². The predicted octanol–water partition coefficient (Wildman–Crippen LogP) is 26.6. The number of Topliss-reactive ketones (excluding diaryl/α,β-unsaturated/α-hetero) is 4. The molecule has 0 aliphatic rings. The van der Waals surface area contributed by atoms with Crippen LogP contribution in [0.4, 0.5) is 48.3 Å². The van der Waals surface area contributed by atoms with Crippen molar-refractivity contribution in [2.75, 3.05) is 0 Å². The number of amides is 4. The lowest BCUT2D eigenvalue weighted by atomic mass is 9.95. The molecule has 0 fully saturated rings. The van der Waals surface area contributed by atoms with Gasteiger partial charge in [-0.3, -0.25) is 53.3 Å². The van der Waals surface area contributed by atoms with Gasteiger partial charge in [-0.15, -0.1) is 0 Å². The van der Waals surface area contributed by atoms with Gasteiger partial charge < -0.3 is 35.0 Å². The molecule has 4 N–H and O–H groups in total. The van der Waals surface area contributed by atoms with E-state index in [1.165, 1.54) is 36.5 Å². The third-order valence-corrected chi connectivity index (χ3v) is 25.2. The SMILES string of the molecule is CC(C)(C)C(=O)NCc1ccc(Cl)c(C(=O)Cc2ccc3nn(-c4ccc(Cl)cc4)cc3c2)c1.CC(C)C(=O)NCc1cnc(C(F)F)c(C(=O)Cc2ccc3c(c2)cc(-c2ccc(Cl)cc2)n3C)c1.Cn1c(-c2ccc(C(F)(F)F)cc2)cc2cc(CC(=O)c3cc(CNC(=O)C(C)(C)F)cnc3C(F)F)ccc21.Cn1c(-c2ccc(Cl)cc2)cc2cc(CC(=O)c3cc(CNC(=O)C(C)(C)F)cnc3C(F)F)ccc21. The second-order valence-electron chi connectivity index (χ2n) is 37.5. The van der Waals surface area contributed by atoms with E-state index in [0.29, 0.717) is 76.7 Å². The Labute approximate surface area is 859 Å². The standard InChI is InChI=1S/C29H25F6N3O2.C28H25ClF3N3O2.C28H26ClF2N3O2.C27H25Cl2N3O2/c1-28(2,32)27(40)37-15-17-11-21(25(26(30)31)36-14-17)24(39)12-16-4-9-22-19(10-16)13-23(38(22)3)18-5-7-20(8-6-18)29(33,34)35;1-28(2,32)27(37)34-15-17-11-21(25(26(30)31)33-14-17)24(36)12-16-4-9-22-19(10-16)13-23(35(22)3)18-5-7-20(29)8-6-18;1-16(2)28(36)33-15-18-11-22(26(27(30)31)32-14-18)25(35)12-17-4-9-23-20(10-17)13-24(34(23)3)19-5-7-21(29)8-6-19;1-27(2,3)26(34)30-15-18-4-10-23(29)22(13-18)25(33)14-17-5-11-24-19(12-17)16-32(31-24)21-8-6-20(28)7-9-21/h4-11,13-14,26H,12,15H2,1-3H3,(H,37,40);4-11,13-14,26H,12,15H2,1-3H3,(H,34,37);4-11,13-14,16,27H,12,15H2,1-3H3,(H,33,36);4-13,16H,14-15H2,1-3H3,(H,30,34). The molecule has 0 radical (unpaired) electrons. The Balaban J connectivity index is 0.000000164. The Hall–Kier alpha value is -14.5. The van der Waals surface area contributed by atoms with Gasteiger partial charge in [0.25, 0.3) is 31.1 Å². The van der Waals surface area contributed by atoms with Crippen LogP contribution in [-0.2, 0) is 98.4 Å². The predicted molar refractivity (Wildman–Crippen MR) is 549 cm³/mol. The van der Waals surface area contributed by atoms with E-state index in [1.807, 2.05) is 185 Å². The summed E-state index contributed by atoms with van der Waals surface area (Å²) in [7, 11) is 5.66. The van der Waals surface area contributed by atoms with Gasteiger partial charge in [0.2, 0.25) is 11.8 Å². The van der Waals surface area contributed by atoms with Crippen LogP contribution in [0.5, 0.6) is 0 Å². The molecular formula is C112H101Cl4F11N12O8. The first-order chi connectivity index (χ1) is 69.3. The summed E-state index contributed by atoms with van der Waals surface area (Å²) in [6.07, 6.45) is -8.04. The molecule has 7 aromatic heterocycles. The average molecular weight is 2090 g/mol. The fraction of sp³-hybridized carbons (Fsp3) is 0.250. The van der Waals surface area contributed by atoms with Gasteiger partial charge in [0, 0.05) is 202 Å². The van der Waals surface area contributed by atoms with E-state index in [9.17, 15) is 86.7 Å². The van der Waals surface area contributed by atoms with Crippen molar-refractivity contribution in [2.24, 2.45) is 32.5 Å². The zero-order valence-electron chi connectivity index (χ0n) is 81.7. The molecule has 0 aliphatic heterocycles. The number of aryl methyl sites for hydroxylation is 3. The highest BCUT2D eigenvalue weighted by atomic mass is 35.5. The van der Waals surface area contributed by atoms with Gasteiger partial charge in [-0.05, 0) is 247 Å². The Bertz CT molecular complexity index is 7640. The maximum absolute atomic E-state index is 13.8. The van der Waals surface area contributed by atoms with Crippen LogP contribution in [0.1, 0.15) is 190 Å². The van der Waals surface area contributed by atoms with Gasteiger partial charge in [-0.25, -0.2) is 39.8 Å². The Morgan fingerprint density at radius 1 is 0.347 bits per heavy atom. The summed E-state index contributed by atoms with van der Waals surface area (Å²) in [5.74, 6) is -3.89. The van der Waals surface area contributed by atoms with Crippen LogP contribution in [-0.4, -0.2) is 96.5 Å². The van der Waals surface area contributed by atoms with E-state index in [1.54, 1.807) is 72.6 Å². The molecule has 762 valence electrons. The summed E-state index contributed by atoms with van der Waals surface area (Å²) >= 11 is 24.3. The van der Waals surface area contributed by atoms with Gasteiger partial charge in [-0.1, -0.05) is 148 Å². The second kappa shape index (κ2) is 46.5. The summed E-state index contributed by atoms with van der Waals surface area (Å²) in [6.45, 7) is 13.5. The van der Waals surface area contributed by atoms with E-state index < -0.39 is 94.0 Å². The molecule has 9 aromatic carbocycles. The quantitative estimate of drug-likeness (QED) is 0.0242. The third-order valence-electron chi connectivity index (χ3n) is 24.1. The van der Waals surface area contributed by atoms with E-state index >= 15 is 0 Å². The first-order valence-corrected chi connectivity index (χ1v) is 47.7. The molecule has 0 saturated heterocycles. The van der Waals surface area contributed by atoms with Gasteiger partial charge in [0.05, 0.1) is 21.8 Å². The van der Waals surface area contributed by atoms with E-state index in [4.69, 9.17) is 46.4 Å². The van der Waals surface area contributed by atoms with Crippen LogP contribution in [0.15, 0.2) is 249 Å². The molecule has 4 amide bonds. The molecule has 0 saturated carbocycles. The molecule has 0 spiro atoms. The van der Waals surface area contributed by atoms with E-state index in [0.717, 1.165) is 130 Å². The molecule has 0 atom stereocenters. The van der Waals surface area contributed by atoms with Gasteiger partial charge in [0.15, 0.2) is 34.5 Å². The minimum Gasteiger partial charge on any atom is -0.352 e. The third kappa shape index (κ3) is 27.8. The highest BCUT2D eigenvalue weighted by Crippen LogP contribution is 2.38. The maximum Gasteiger partial charge on any atom is 0.416 e. The number of halogens is 15. The van der Waals surface area contributed by atoms with Crippen LogP contribution in [0.2, 0.25) is 20.1 Å². The smallest absolute Gasteiger partial charge is 0.352 e.